The number of anilines is 1. The fraction of sp³-hybridized carbons (Fsp3) is 0.323. The molecule has 2 aromatic heterocycles. The molecule has 0 radical (unpaired) electrons. The Morgan fingerprint density at radius 3 is 2.59 bits per heavy atom. The van der Waals surface area contributed by atoms with Crippen LogP contribution in [0.1, 0.15) is 65.4 Å². The second-order valence-corrected chi connectivity index (χ2v) is 11.0. The molecule has 186 valence electrons. The predicted molar refractivity (Wildman–Crippen MR) is 144 cm³/mol. The number of aromatic nitrogens is 2. The number of nitrogens with zero attached hydrogens (tertiary/aromatic N) is 3. The molecule has 7 rings (SSSR count). The largest absolute Gasteiger partial charge is 0.477 e. The SMILES string of the molecule is Cc1ccccc1-c1noc(C2CC2)c1C1=CC2(CCN(c3ccc4cc(C(=O)O)ncc4c3)CC2)C1. The van der Waals surface area contributed by atoms with Crippen LogP contribution in [0.25, 0.3) is 27.6 Å². The molecule has 0 unspecified atom stereocenters. The lowest BCUT2D eigenvalue weighted by Gasteiger charge is -2.47. The van der Waals surface area contributed by atoms with Gasteiger partial charge in [0.2, 0.25) is 0 Å². The number of piperidine rings is 1. The molecule has 3 heterocycles. The molecule has 2 aliphatic carbocycles. The van der Waals surface area contributed by atoms with E-state index >= 15 is 0 Å². The normalized spacial score (nSPS) is 18.6. The molecule has 4 aromatic rings. The Balaban J connectivity index is 1.12. The summed E-state index contributed by atoms with van der Waals surface area (Å²) >= 11 is 0. The van der Waals surface area contributed by atoms with Crippen molar-refractivity contribution in [3.63, 3.8) is 0 Å². The summed E-state index contributed by atoms with van der Waals surface area (Å²) in [5, 5.41) is 15.7. The third-order valence-electron chi connectivity index (χ3n) is 8.46. The molecular formula is C31H29N3O3. The number of carboxylic acid groups (broad SMARTS) is 1. The first kappa shape index (κ1) is 22.3. The number of rotatable bonds is 5. The topological polar surface area (TPSA) is 79.5 Å². The van der Waals surface area contributed by atoms with E-state index < -0.39 is 5.97 Å². The second kappa shape index (κ2) is 8.30. The van der Waals surface area contributed by atoms with Gasteiger partial charge in [-0.3, -0.25) is 0 Å². The minimum Gasteiger partial charge on any atom is -0.477 e. The van der Waals surface area contributed by atoms with E-state index in [1.54, 1.807) is 12.3 Å². The van der Waals surface area contributed by atoms with Gasteiger partial charge in [-0.1, -0.05) is 41.6 Å². The van der Waals surface area contributed by atoms with E-state index in [-0.39, 0.29) is 11.1 Å². The molecule has 6 nitrogen and oxygen atoms in total. The highest BCUT2D eigenvalue weighted by Gasteiger charge is 2.43. The van der Waals surface area contributed by atoms with E-state index in [2.05, 4.69) is 64.4 Å². The van der Waals surface area contributed by atoms with Crippen LogP contribution in [0, 0.1) is 12.3 Å². The third kappa shape index (κ3) is 3.82. The van der Waals surface area contributed by atoms with Gasteiger partial charge in [-0.25, -0.2) is 9.78 Å². The van der Waals surface area contributed by atoms with Gasteiger partial charge >= 0.3 is 5.97 Å². The number of hydrogen-bond acceptors (Lipinski definition) is 5. The zero-order valence-electron chi connectivity index (χ0n) is 20.9. The number of allylic oxidation sites excluding steroid dienone is 2. The Morgan fingerprint density at radius 1 is 1.08 bits per heavy atom. The molecule has 1 aliphatic heterocycles. The predicted octanol–water partition coefficient (Wildman–Crippen LogP) is 6.85. The summed E-state index contributed by atoms with van der Waals surface area (Å²) in [6.07, 6.45) is 9.89. The van der Waals surface area contributed by atoms with Gasteiger partial charge in [-0.2, -0.15) is 0 Å². The van der Waals surface area contributed by atoms with Gasteiger partial charge in [-0.15, -0.1) is 0 Å². The molecule has 1 saturated heterocycles. The molecule has 1 saturated carbocycles. The minimum atomic E-state index is -0.998. The zero-order valence-corrected chi connectivity index (χ0v) is 20.9. The first-order valence-electron chi connectivity index (χ1n) is 13.2. The first-order valence-corrected chi connectivity index (χ1v) is 13.2. The molecule has 1 spiro atoms. The molecular weight excluding hydrogens is 462 g/mol. The van der Waals surface area contributed by atoms with Crippen molar-refractivity contribution in [1.82, 2.24) is 10.1 Å². The lowest BCUT2D eigenvalue weighted by atomic mass is 9.63. The van der Waals surface area contributed by atoms with Crippen molar-refractivity contribution in [3.05, 3.63) is 83.4 Å². The quantitative estimate of drug-likeness (QED) is 0.329. The lowest BCUT2D eigenvalue weighted by molar-refractivity contribution is 0.0690. The monoisotopic (exact) mass is 491 g/mol. The Kier molecular flexibility index (Phi) is 5.00. The minimum absolute atomic E-state index is 0.0796. The lowest BCUT2D eigenvalue weighted by Crippen LogP contribution is -2.42. The Morgan fingerprint density at radius 2 is 1.86 bits per heavy atom. The molecule has 3 aliphatic rings. The molecule has 6 heteroatoms. The maximum absolute atomic E-state index is 11.2. The average Bonchev–Trinajstić information content (AvgIpc) is 3.65. The summed E-state index contributed by atoms with van der Waals surface area (Å²) in [7, 11) is 0. The van der Waals surface area contributed by atoms with Crippen molar-refractivity contribution in [2.24, 2.45) is 5.41 Å². The van der Waals surface area contributed by atoms with Crippen LogP contribution < -0.4 is 4.90 Å². The van der Waals surface area contributed by atoms with Crippen molar-refractivity contribution in [2.45, 2.75) is 44.9 Å². The Labute approximate surface area is 215 Å². The van der Waals surface area contributed by atoms with E-state index in [4.69, 9.17) is 4.52 Å². The highest BCUT2D eigenvalue weighted by molar-refractivity contribution is 5.93. The molecule has 0 atom stereocenters. The van der Waals surface area contributed by atoms with Gasteiger partial charge in [0.15, 0.2) is 0 Å². The number of aromatic carboxylic acids is 1. The fourth-order valence-electron chi connectivity index (χ4n) is 6.11. The van der Waals surface area contributed by atoms with Crippen molar-refractivity contribution in [1.29, 1.82) is 0 Å². The second-order valence-electron chi connectivity index (χ2n) is 11.0. The summed E-state index contributed by atoms with van der Waals surface area (Å²) < 4.78 is 5.96. The summed E-state index contributed by atoms with van der Waals surface area (Å²) in [5.74, 6) is 0.614. The van der Waals surface area contributed by atoms with E-state index in [0.29, 0.717) is 5.92 Å². The summed E-state index contributed by atoms with van der Waals surface area (Å²) in [6, 6.07) is 16.3. The molecule has 0 amide bonds. The summed E-state index contributed by atoms with van der Waals surface area (Å²) in [5.41, 5.74) is 7.58. The standard InChI is InChI=1S/C31H29N3O3/c1-19-4-2-3-5-25(19)28-27(29(37-33-28)20-6-7-20)23-16-31(17-23)10-12-34(13-11-31)24-9-8-21-15-26(30(35)36)32-18-22(21)14-24/h2-5,8-9,14-16,18,20H,6-7,10-13,17H2,1H3,(H,35,36). The van der Waals surface area contributed by atoms with Crippen LogP contribution in [-0.2, 0) is 0 Å². The number of aryl methyl sites for hydroxylation is 1. The number of carboxylic acids is 1. The number of fused-ring (bicyclic) bond motifs is 1. The highest BCUT2D eigenvalue weighted by atomic mass is 16.5. The molecule has 1 N–H and O–H groups in total. The van der Waals surface area contributed by atoms with E-state index in [1.165, 1.54) is 40.8 Å². The smallest absolute Gasteiger partial charge is 0.354 e. The van der Waals surface area contributed by atoms with Crippen LogP contribution in [0.15, 0.2) is 65.3 Å². The van der Waals surface area contributed by atoms with Crippen LogP contribution in [0.3, 0.4) is 0 Å². The van der Waals surface area contributed by atoms with Gasteiger partial charge in [0.25, 0.3) is 0 Å². The number of benzene rings is 2. The first-order chi connectivity index (χ1) is 18.0. The maximum Gasteiger partial charge on any atom is 0.354 e. The van der Waals surface area contributed by atoms with Crippen LogP contribution in [0.4, 0.5) is 5.69 Å². The molecule has 0 bridgehead atoms. The average molecular weight is 492 g/mol. The summed E-state index contributed by atoms with van der Waals surface area (Å²) in [4.78, 5) is 17.8. The van der Waals surface area contributed by atoms with Gasteiger partial charge in [0, 0.05) is 47.4 Å². The van der Waals surface area contributed by atoms with Crippen LogP contribution in [0.5, 0.6) is 0 Å². The fourth-order valence-corrected chi connectivity index (χ4v) is 6.11. The van der Waals surface area contributed by atoms with E-state index in [0.717, 1.165) is 54.6 Å². The maximum atomic E-state index is 11.2. The number of carbonyl (C=O) groups is 1. The van der Waals surface area contributed by atoms with Crippen molar-refractivity contribution in [2.75, 3.05) is 18.0 Å². The van der Waals surface area contributed by atoms with Gasteiger partial charge in [0.05, 0.1) is 0 Å². The van der Waals surface area contributed by atoms with Gasteiger partial charge in [0.1, 0.15) is 17.1 Å². The van der Waals surface area contributed by atoms with Gasteiger partial charge in [-0.05, 0) is 79.2 Å². The van der Waals surface area contributed by atoms with Gasteiger partial charge < -0.3 is 14.5 Å². The number of hydrogen-bond donors (Lipinski definition) is 1. The molecule has 2 aromatic carbocycles. The zero-order chi connectivity index (χ0) is 25.1. The van der Waals surface area contributed by atoms with Crippen molar-refractivity contribution >= 4 is 28.0 Å². The number of pyridine rings is 1. The van der Waals surface area contributed by atoms with E-state index in [9.17, 15) is 9.90 Å². The molecule has 2 fully saturated rings. The van der Waals surface area contributed by atoms with Crippen molar-refractivity contribution in [3.8, 4) is 11.3 Å². The van der Waals surface area contributed by atoms with Crippen LogP contribution >= 0.6 is 0 Å². The Hall–Kier alpha value is -3.93. The van der Waals surface area contributed by atoms with Crippen molar-refractivity contribution < 1.29 is 14.4 Å². The Bertz CT molecular complexity index is 1570. The summed E-state index contributed by atoms with van der Waals surface area (Å²) in [6.45, 7) is 4.14. The highest BCUT2D eigenvalue weighted by Crippen LogP contribution is 2.55. The molecule has 37 heavy (non-hydrogen) atoms. The van der Waals surface area contributed by atoms with E-state index in [1.807, 2.05) is 6.07 Å². The third-order valence-corrected chi connectivity index (χ3v) is 8.46. The van der Waals surface area contributed by atoms with Crippen LogP contribution in [0.2, 0.25) is 0 Å². The van der Waals surface area contributed by atoms with Crippen LogP contribution in [-0.4, -0.2) is 34.3 Å².